The minimum absolute atomic E-state index is 0.185. The topological polar surface area (TPSA) is 68.3 Å². The van der Waals surface area contributed by atoms with Gasteiger partial charge in [0.2, 0.25) is 0 Å². The summed E-state index contributed by atoms with van der Waals surface area (Å²) in [7, 11) is 0. The minimum atomic E-state index is -4.58. The average Bonchev–Trinajstić information content (AvgIpc) is 2.44. The number of nitrogens with zero attached hydrogens (tertiary/aromatic N) is 1. The van der Waals surface area contributed by atoms with Crippen molar-refractivity contribution in [2.75, 3.05) is 11.9 Å². The molecule has 1 N–H and O–H groups in total. The van der Waals surface area contributed by atoms with Crippen molar-refractivity contribution in [1.29, 1.82) is 0 Å². The quantitative estimate of drug-likeness (QED) is 0.793. The second-order valence-corrected chi connectivity index (χ2v) is 5.60. The summed E-state index contributed by atoms with van der Waals surface area (Å²) in [5, 5.41) is 1.82. The maximum atomic E-state index is 12.5. The van der Waals surface area contributed by atoms with E-state index in [1.807, 2.05) is 13.8 Å². The number of rotatable bonds is 6. The van der Waals surface area contributed by atoms with Gasteiger partial charge in [-0.1, -0.05) is 25.4 Å². The molecule has 0 bridgehead atoms. The fourth-order valence-corrected chi connectivity index (χ4v) is 1.69. The van der Waals surface area contributed by atoms with Crippen LogP contribution in [0.2, 0.25) is 5.02 Å². The Bertz CT molecular complexity index is 577. The van der Waals surface area contributed by atoms with Crippen LogP contribution in [0.3, 0.4) is 0 Å². The van der Waals surface area contributed by atoms with Crippen LogP contribution in [0.5, 0.6) is 0 Å². The Labute approximate surface area is 136 Å². The number of hydrogen-bond donors (Lipinski definition) is 1. The molecule has 0 saturated carbocycles. The molecule has 0 unspecified atom stereocenters. The van der Waals surface area contributed by atoms with Crippen LogP contribution in [0.1, 0.15) is 32.3 Å². The summed E-state index contributed by atoms with van der Waals surface area (Å²) in [5.41, 5.74) is -1.03. The lowest BCUT2D eigenvalue weighted by atomic mass is 10.1. The number of esters is 1. The van der Waals surface area contributed by atoms with Gasteiger partial charge in [-0.15, -0.1) is 0 Å². The SMILES string of the molecule is CC(C)CCC(=O)OCC(=O)Nc1ncc(C(F)(F)F)cc1Cl. The molecule has 23 heavy (non-hydrogen) atoms. The smallest absolute Gasteiger partial charge is 0.417 e. The second kappa shape index (κ2) is 8.14. The van der Waals surface area contributed by atoms with Crippen molar-refractivity contribution in [2.45, 2.75) is 32.9 Å². The van der Waals surface area contributed by atoms with Gasteiger partial charge < -0.3 is 10.1 Å². The summed E-state index contributed by atoms with van der Waals surface area (Å²) >= 11 is 5.64. The number of ether oxygens (including phenoxy) is 1. The maximum absolute atomic E-state index is 12.5. The van der Waals surface area contributed by atoms with Crippen molar-refractivity contribution in [3.05, 3.63) is 22.8 Å². The zero-order chi connectivity index (χ0) is 17.6. The predicted molar refractivity (Wildman–Crippen MR) is 77.9 cm³/mol. The third kappa shape index (κ3) is 6.85. The molecule has 1 amide bonds. The van der Waals surface area contributed by atoms with E-state index in [1.54, 1.807) is 0 Å². The number of carbonyl (C=O) groups is 2. The van der Waals surface area contributed by atoms with Crippen LogP contribution < -0.4 is 5.32 Å². The van der Waals surface area contributed by atoms with Crippen LogP contribution in [-0.2, 0) is 20.5 Å². The molecular weight excluding hydrogens is 337 g/mol. The van der Waals surface area contributed by atoms with Gasteiger partial charge in [-0.2, -0.15) is 13.2 Å². The van der Waals surface area contributed by atoms with E-state index < -0.39 is 30.2 Å². The van der Waals surface area contributed by atoms with Crippen molar-refractivity contribution in [2.24, 2.45) is 5.92 Å². The molecule has 0 radical (unpaired) electrons. The highest BCUT2D eigenvalue weighted by Crippen LogP contribution is 2.32. The Kier molecular flexibility index (Phi) is 6.80. The van der Waals surface area contributed by atoms with Gasteiger partial charge in [0.1, 0.15) is 0 Å². The lowest BCUT2D eigenvalue weighted by molar-refractivity contribution is -0.147. The van der Waals surface area contributed by atoms with Crippen LogP contribution in [0.15, 0.2) is 12.3 Å². The number of alkyl halides is 3. The third-order valence-electron chi connectivity index (χ3n) is 2.72. The highest BCUT2D eigenvalue weighted by molar-refractivity contribution is 6.33. The fourth-order valence-electron chi connectivity index (χ4n) is 1.48. The monoisotopic (exact) mass is 352 g/mol. The predicted octanol–water partition coefficient (Wildman–Crippen LogP) is 3.67. The Balaban J connectivity index is 2.53. The van der Waals surface area contributed by atoms with Gasteiger partial charge in [0.05, 0.1) is 10.6 Å². The highest BCUT2D eigenvalue weighted by atomic mass is 35.5. The first kappa shape index (κ1) is 19.2. The number of carbonyl (C=O) groups excluding carboxylic acids is 2. The van der Waals surface area contributed by atoms with E-state index in [-0.39, 0.29) is 17.3 Å². The van der Waals surface area contributed by atoms with Gasteiger partial charge in [0.25, 0.3) is 5.91 Å². The Morgan fingerprint density at radius 2 is 2.04 bits per heavy atom. The Morgan fingerprint density at radius 3 is 2.57 bits per heavy atom. The number of nitrogens with one attached hydrogen (secondary N) is 1. The normalized spacial score (nSPS) is 11.4. The second-order valence-electron chi connectivity index (χ2n) is 5.19. The highest BCUT2D eigenvalue weighted by Gasteiger charge is 2.31. The number of anilines is 1. The molecule has 128 valence electrons. The molecule has 0 aliphatic carbocycles. The molecule has 9 heteroatoms. The van der Waals surface area contributed by atoms with E-state index in [2.05, 4.69) is 10.3 Å². The summed E-state index contributed by atoms with van der Waals surface area (Å²) in [6, 6.07) is 0.652. The molecule has 0 saturated heterocycles. The summed E-state index contributed by atoms with van der Waals surface area (Å²) in [4.78, 5) is 26.4. The van der Waals surface area contributed by atoms with Gasteiger partial charge in [0, 0.05) is 12.6 Å². The van der Waals surface area contributed by atoms with Gasteiger partial charge in [0.15, 0.2) is 12.4 Å². The van der Waals surface area contributed by atoms with Crippen LogP contribution in [-0.4, -0.2) is 23.5 Å². The van der Waals surface area contributed by atoms with Crippen molar-refractivity contribution in [1.82, 2.24) is 4.98 Å². The summed E-state index contributed by atoms with van der Waals surface area (Å²) in [6.45, 7) is 3.33. The van der Waals surface area contributed by atoms with E-state index in [1.165, 1.54) is 0 Å². The third-order valence-corrected chi connectivity index (χ3v) is 3.00. The molecule has 0 fully saturated rings. The molecule has 0 aliphatic heterocycles. The van der Waals surface area contributed by atoms with Crippen LogP contribution in [0.25, 0.3) is 0 Å². The lowest BCUT2D eigenvalue weighted by Crippen LogP contribution is -2.22. The number of hydrogen-bond acceptors (Lipinski definition) is 4. The van der Waals surface area contributed by atoms with E-state index in [4.69, 9.17) is 16.3 Å². The summed E-state index contributed by atoms with van der Waals surface area (Å²) in [5.74, 6) is -1.17. The van der Waals surface area contributed by atoms with E-state index in [0.29, 0.717) is 24.6 Å². The zero-order valence-electron chi connectivity index (χ0n) is 12.5. The molecule has 1 aromatic heterocycles. The number of aromatic nitrogens is 1. The molecule has 5 nitrogen and oxygen atoms in total. The fraction of sp³-hybridized carbons (Fsp3) is 0.500. The molecule has 0 aromatic carbocycles. The standard InChI is InChI=1S/C14H16ClF3N2O3/c1-8(2)3-4-12(22)23-7-11(21)20-13-10(15)5-9(6-19-13)14(16,17)18/h5-6,8H,3-4,7H2,1-2H3,(H,19,20,21). The first-order chi connectivity index (χ1) is 10.6. The number of pyridine rings is 1. The molecule has 0 aliphatic rings. The van der Waals surface area contributed by atoms with Crippen LogP contribution in [0.4, 0.5) is 19.0 Å². The van der Waals surface area contributed by atoms with E-state index in [0.717, 1.165) is 0 Å². The lowest BCUT2D eigenvalue weighted by Gasteiger charge is -2.10. The van der Waals surface area contributed by atoms with E-state index in [9.17, 15) is 22.8 Å². The molecule has 1 heterocycles. The Morgan fingerprint density at radius 1 is 1.39 bits per heavy atom. The molecule has 0 spiro atoms. The first-order valence-electron chi connectivity index (χ1n) is 6.77. The summed E-state index contributed by atoms with van der Waals surface area (Å²) in [6.07, 6.45) is -3.21. The van der Waals surface area contributed by atoms with Crippen molar-refractivity contribution < 1.29 is 27.5 Å². The van der Waals surface area contributed by atoms with Crippen molar-refractivity contribution >= 4 is 29.3 Å². The first-order valence-corrected chi connectivity index (χ1v) is 7.15. The van der Waals surface area contributed by atoms with Crippen LogP contribution >= 0.6 is 11.6 Å². The van der Waals surface area contributed by atoms with Gasteiger partial charge >= 0.3 is 12.1 Å². The average molecular weight is 353 g/mol. The van der Waals surface area contributed by atoms with Gasteiger partial charge in [-0.25, -0.2) is 4.98 Å². The maximum Gasteiger partial charge on any atom is 0.417 e. The molecular formula is C14H16ClF3N2O3. The van der Waals surface area contributed by atoms with Gasteiger partial charge in [-0.3, -0.25) is 9.59 Å². The summed E-state index contributed by atoms with van der Waals surface area (Å²) < 4.78 is 42.1. The van der Waals surface area contributed by atoms with Crippen molar-refractivity contribution in [3.63, 3.8) is 0 Å². The van der Waals surface area contributed by atoms with Gasteiger partial charge in [-0.05, 0) is 18.4 Å². The number of amides is 1. The number of halogens is 4. The molecule has 0 atom stereocenters. The van der Waals surface area contributed by atoms with Crippen LogP contribution in [0, 0.1) is 5.92 Å². The molecule has 1 aromatic rings. The van der Waals surface area contributed by atoms with E-state index >= 15 is 0 Å². The zero-order valence-corrected chi connectivity index (χ0v) is 13.3. The van der Waals surface area contributed by atoms with Crippen molar-refractivity contribution in [3.8, 4) is 0 Å². The Hall–Kier alpha value is -1.83. The molecule has 1 rings (SSSR count). The minimum Gasteiger partial charge on any atom is -0.456 e. The largest absolute Gasteiger partial charge is 0.456 e.